The molecule has 1 N–H and O–H groups in total. The van der Waals surface area contributed by atoms with Gasteiger partial charge in [0, 0.05) is 12.7 Å². The average Bonchev–Trinajstić information content (AvgIpc) is 2.32. The van der Waals surface area contributed by atoms with Gasteiger partial charge in [-0.25, -0.2) is 4.98 Å². The molecule has 0 radical (unpaired) electrons. The van der Waals surface area contributed by atoms with Gasteiger partial charge in [-0.2, -0.15) is 0 Å². The number of halogens is 1. The lowest BCUT2D eigenvalue weighted by molar-refractivity contribution is 1.05. The largest absolute Gasteiger partial charge is 0.328 e. The molecule has 0 unspecified atom stereocenters. The quantitative estimate of drug-likeness (QED) is 0.890. The summed E-state index contributed by atoms with van der Waals surface area (Å²) in [7, 11) is 1.82. The first kappa shape index (κ1) is 11.7. The van der Waals surface area contributed by atoms with Crippen LogP contribution in [0, 0.1) is 6.92 Å². The molecule has 0 bridgehead atoms. The Bertz CT molecular complexity index is 594. The number of hydrogen-bond donors (Lipinski definition) is 1. The number of rotatable bonds is 2. The Morgan fingerprint density at radius 3 is 2.88 bits per heavy atom. The average molecular weight is 250 g/mol. The molecule has 1 heterocycles. The fraction of sp³-hybridized carbons (Fsp3) is 0.167. The summed E-state index contributed by atoms with van der Waals surface area (Å²) in [6, 6.07) is 7.89. The second-order valence-corrected chi connectivity index (χ2v) is 4.15. The minimum atomic E-state index is -0.337. The SMILES string of the molecule is Cc1cccc(N(C)c2nc[nH]c(=O)c2Cl)c1. The molecule has 1 aromatic heterocycles. The number of hydrogen-bond acceptors (Lipinski definition) is 3. The van der Waals surface area contributed by atoms with Crippen molar-refractivity contribution in [3.63, 3.8) is 0 Å². The molecule has 2 aromatic rings. The lowest BCUT2D eigenvalue weighted by Gasteiger charge is -2.19. The molecular weight excluding hydrogens is 238 g/mol. The summed E-state index contributed by atoms with van der Waals surface area (Å²) in [4.78, 5) is 19.7. The van der Waals surface area contributed by atoms with E-state index in [0.29, 0.717) is 5.82 Å². The van der Waals surface area contributed by atoms with E-state index in [4.69, 9.17) is 11.6 Å². The van der Waals surface area contributed by atoms with E-state index in [9.17, 15) is 4.79 Å². The van der Waals surface area contributed by atoms with Crippen LogP contribution in [0.25, 0.3) is 0 Å². The van der Waals surface area contributed by atoms with E-state index in [0.717, 1.165) is 11.3 Å². The Labute approximate surface area is 104 Å². The summed E-state index contributed by atoms with van der Waals surface area (Å²) in [6.07, 6.45) is 1.34. The molecule has 0 atom stereocenters. The van der Waals surface area contributed by atoms with E-state index in [1.54, 1.807) is 4.90 Å². The Balaban J connectivity index is 2.47. The van der Waals surface area contributed by atoms with Crippen LogP contribution in [-0.2, 0) is 0 Å². The van der Waals surface area contributed by atoms with Crippen molar-refractivity contribution in [1.82, 2.24) is 9.97 Å². The van der Waals surface area contributed by atoms with Crippen LogP contribution in [0.2, 0.25) is 5.02 Å². The first-order valence-corrected chi connectivity index (χ1v) is 5.51. The lowest BCUT2D eigenvalue weighted by atomic mass is 10.2. The van der Waals surface area contributed by atoms with Crippen LogP contribution < -0.4 is 10.5 Å². The maximum Gasteiger partial charge on any atom is 0.271 e. The van der Waals surface area contributed by atoms with Gasteiger partial charge in [0.25, 0.3) is 5.56 Å². The number of aromatic nitrogens is 2. The number of aryl methyl sites for hydroxylation is 1. The highest BCUT2D eigenvalue weighted by molar-refractivity contribution is 6.32. The van der Waals surface area contributed by atoms with Crippen molar-refractivity contribution in [2.75, 3.05) is 11.9 Å². The van der Waals surface area contributed by atoms with Gasteiger partial charge >= 0.3 is 0 Å². The lowest BCUT2D eigenvalue weighted by Crippen LogP contribution is -2.17. The highest BCUT2D eigenvalue weighted by Crippen LogP contribution is 2.25. The maximum absolute atomic E-state index is 11.4. The van der Waals surface area contributed by atoms with Crippen LogP contribution in [0.1, 0.15) is 5.56 Å². The van der Waals surface area contributed by atoms with Gasteiger partial charge in [-0.15, -0.1) is 0 Å². The first-order chi connectivity index (χ1) is 8.09. The molecule has 0 aliphatic heterocycles. The van der Waals surface area contributed by atoms with E-state index in [1.165, 1.54) is 6.33 Å². The summed E-state index contributed by atoms with van der Waals surface area (Å²) in [6.45, 7) is 2.00. The second kappa shape index (κ2) is 4.59. The monoisotopic (exact) mass is 249 g/mol. The van der Waals surface area contributed by atoms with Crippen molar-refractivity contribution < 1.29 is 0 Å². The van der Waals surface area contributed by atoms with Crippen LogP contribution in [-0.4, -0.2) is 17.0 Å². The molecule has 0 saturated carbocycles. The third-order valence-electron chi connectivity index (χ3n) is 2.48. The minimum Gasteiger partial charge on any atom is -0.328 e. The third kappa shape index (κ3) is 2.31. The summed E-state index contributed by atoms with van der Waals surface area (Å²) in [5.74, 6) is 0.445. The molecule has 4 nitrogen and oxygen atoms in total. The molecule has 5 heteroatoms. The topological polar surface area (TPSA) is 49.0 Å². The van der Waals surface area contributed by atoms with Crippen molar-refractivity contribution >= 4 is 23.1 Å². The summed E-state index contributed by atoms with van der Waals surface area (Å²) < 4.78 is 0. The summed E-state index contributed by atoms with van der Waals surface area (Å²) in [5.41, 5.74) is 1.73. The van der Waals surface area contributed by atoms with E-state index >= 15 is 0 Å². The van der Waals surface area contributed by atoms with Crippen molar-refractivity contribution in [2.24, 2.45) is 0 Å². The molecular formula is C12H12ClN3O. The zero-order valence-corrected chi connectivity index (χ0v) is 10.3. The fourth-order valence-corrected chi connectivity index (χ4v) is 1.80. The Morgan fingerprint density at radius 1 is 1.41 bits per heavy atom. The number of benzene rings is 1. The van der Waals surface area contributed by atoms with Gasteiger partial charge in [-0.1, -0.05) is 23.7 Å². The molecule has 0 aliphatic carbocycles. The van der Waals surface area contributed by atoms with Crippen LogP contribution >= 0.6 is 11.6 Å². The molecule has 0 amide bonds. The molecule has 1 aromatic carbocycles. The van der Waals surface area contributed by atoms with Crippen molar-refractivity contribution in [1.29, 1.82) is 0 Å². The van der Waals surface area contributed by atoms with Gasteiger partial charge in [0.05, 0.1) is 6.33 Å². The number of nitrogens with zero attached hydrogens (tertiary/aromatic N) is 2. The van der Waals surface area contributed by atoms with Gasteiger partial charge in [0.2, 0.25) is 0 Å². The van der Waals surface area contributed by atoms with Gasteiger partial charge in [0.15, 0.2) is 5.82 Å². The Kier molecular flexibility index (Phi) is 3.15. The van der Waals surface area contributed by atoms with Gasteiger partial charge < -0.3 is 9.88 Å². The van der Waals surface area contributed by atoms with Crippen LogP contribution in [0.3, 0.4) is 0 Å². The maximum atomic E-state index is 11.4. The predicted molar refractivity (Wildman–Crippen MR) is 69.1 cm³/mol. The molecule has 2 rings (SSSR count). The van der Waals surface area contributed by atoms with E-state index < -0.39 is 0 Å². The standard InChI is InChI=1S/C12H12ClN3O/c1-8-4-3-5-9(6-8)16(2)11-10(13)12(17)15-7-14-11/h3-7H,1-2H3,(H,14,15,17). The zero-order valence-electron chi connectivity index (χ0n) is 9.57. The first-order valence-electron chi connectivity index (χ1n) is 5.13. The molecule has 0 saturated heterocycles. The van der Waals surface area contributed by atoms with Gasteiger partial charge in [0.1, 0.15) is 5.02 Å². The predicted octanol–water partition coefficient (Wildman–Crippen LogP) is 2.50. The Morgan fingerprint density at radius 2 is 2.18 bits per heavy atom. The van der Waals surface area contributed by atoms with Gasteiger partial charge in [-0.05, 0) is 24.6 Å². The fourth-order valence-electron chi connectivity index (χ4n) is 1.57. The van der Waals surface area contributed by atoms with Crippen LogP contribution in [0.4, 0.5) is 11.5 Å². The van der Waals surface area contributed by atoms with Crippen LogP contribution in [0.15, 0.2) is 35.4 Å². The van der Waals surface area contributed by atoms with Crippen molar-refractivity contribution in [3.8, 4) is 0 Å². The summed E-state index contributed by atoms with van der Waals surface area (Å²) in [5, 5.41) is 0.0940. The third-order valence-corrected chi connectivity index (χ3v) is 2.83. The van der Waals surface area contributed by atoms with E-state index in [2.05, 4.69) is 9.97 Å². The second-order valence-electron chi connectivity index (χ2n) is 3.77. The number of H-pyrrole nitrogens is 1. The molecule has 88 valence electrons. The number of anilines is 2. The van der Waals surface area contributed by atoms with Gasteiger partial charge in [-0.3, -0.25) is 4.79 Å². The number of nitrogens with one attached hydrogen (secondary N) is 1. The molecule has 0 spiro atoms. The molecule has 17 heavy (non-hydrogen) atoms. The smallest absolute Gasteiger partial charge is 0.271 e. The Hall–Kier alpha value is -1.81. The zero-order chi connectivity index (χ0) is 12.4. The highest BCUT2D eigenvalue weighted by Gasteiger charge is 2.12. The van der Waals surface area contributed by atoms with E-state index in [-0.39, 0.29) is 10.6 Å². The van der Waals surface area contributed by atoms with Crippen molar-refractivity contribution in [2.45, 2.75) is 6.92 Å². The van der Waals surface area contributed by atoms with Crippen LogP contribution in [0.5, 0.6) is 0 Å². The highest BCUT2D eigenvalue weighted by atomic mass is 35.5. The normalized spacial score (nSPS) is 10.3. The minimum absolute atomic E-state index is 0.0940. The molecule has 0 aliphatic rings. The summed E-state index contributed by atoms with van der Waals surface area (Å²) >= 11 is 5.93. The van der Waals surface area contributed by atoms with Crippen molar-refractivity contribution in [3.05, 3.63) is 51.5 Å². The number of aromatic amines is 1. The molecule has 0 fully saturated rings. The van der Waals surface area contributed by atoms with E-state index in [1.807, 2.05) is 38.2 Å².